The van der Waals surface area contributed by atoms with Crippen LogP contribution in [0.3, 0.4) is 0 Å². The predicted octanol–water partition coefficient (Wildman–Crippen LogP) is 2.94. The van der Waals surface area contributed by atoms with Crippen LogP contribution in [0.2, 0.25) is 0 Å². The van der Waals surface area contributed by atoms with E-state index in [1.54, 1.807) is 0 Å². The van der Waals surface area contributed by atoms with E-state index in [4.69, 9.17) is 0 Å². The van der Waals surface area contributed by atoms with Crippen LogP contribution in [0.5, 0.6) is 0 Å². The maximum absolute atomic E-state index is 10.5. The van der Waals surface area contributed by atoms with Crippen molar-refractivity contribution in [2.45, 2.75) is 129 Å². The van der Waals surface area contributed by atoms with Crippen LogP contribution < -0.4 is 29.6 Å². The van der Waals surface area contributed by atoms with E-state index in [1.807, 2.05) is 6.92 Å². The van der Waals surface area contributed by atoms with Crippen molar-refractivity contribution in [1.29, 1.82) is 0 Å². The summed E-state index contributed by atoms with van der Waals surface area (Å²) in [6, 6.07) is 0. The Morgan fingerprint density at radius 1 is 0.667 bits per heavy atom. The molecule has 4 nitrogen and oxygen atoms in total. The number of aliphatic hydroxyl groups is 1. The summed E-state index contributed by atoms with van der Waals surface area (Å²) in [5, 5.41) is 9.48. The molecule has 0 bridgehead atoms. The second kappa shape index (κ2) is 21.6. The van der Waals surface area contributed by atoms with Crippen molar-refractivity contribution in [3.63, 3.8) is 0 Å². The van der Waals surface area contributed by atoms with E-state index < -0.39 is 10.1 Å². The van der Waals surface area contributed by atoms with E-state index in [1.165, 1.54) is 77.0 Å². The predicted molar refractivity (Wildman–Crippen MR) is 109 cm³/mol. The first-order valence-electron chi connectivity index (χ1n) is 11.1. The van der Waals surface area contributed by atoms with Crippen molar-refractivity contribution in [2.24, 2.45) is 0 Å². The molecule has 0 heterocycles. The van der Waals surface area contributed by atoms with Crippen molar-refractivity contribution in [3.05, 3.63) is 0 Å². The van der Waals surface area contributed by atoms with E-state index in [-0.39, 0.29) is 41.4 Å². The molecule has 1 unspecified atom stereocenters. The van der Waals surface area contributed by atoms with Gasteiger partial charge in [0.1, 0.15) is 0 Å². The molecule has 0 aromatic rings. The molecule has 0 saturated carbocycles. The summed E-state index contributed by atoms with van der Waals surface area (Å²) in [4.78, 5) is 0. The molecular formula is C21H43NaO4S. The average Bonchev–Trinajstić information content (AvgIpc) is 2.59. The summed E-state index contributed by atoms with van der Waals surface area (Å²) >= 11 is 0. The van der Waals surface area contributed by atoms with E-state index >= 15 is 0 Å². The Bertz CT molecular complexity index is 388. The number of hydrogen-bond donors (Lipinski definition) is 1. The normalized spacial score (nSPS) is 12.7. The minimum absolute atomic E-state index is 0. The van der Waals surface area contributed by atoms with Gasteiger partial charge in [0.15, 0.2) is 0 Å². The Hall–Kier alpha value is 0.870. The largest absolute Gasteiger partial charge is 1.00 e. The zero-order valence-electron chi connectivity index (χ0n) is 18.1. The minimum Gasteiger partial charge on any atom is -0.748 e. The van der Waals surface area contributed by atoms with E-state index in [9.17, 15) is 18.1 Å². The fourth-order valence-electron chi connectivity index (χ4n) is 3.34. The van der Waals surface area contributed by atoms with E-state index in [2.05, 4.69) is 0 Å². The fraction of sp³-hybridized carbons (Fsp3) is 1.00. The van der Waals surface area contributed by atoms with Crippen LogP contribution in [-0.2, 0) is 10.1 Å². The van der Waals surface area contributed by atoms with Crippen LogP contribution in [0.1, 0.15) is 122 Å². The molecule has 0 aliphatic heterocycles. The molecular weight excluding hydrogens is 371 g/mol. The first-order chi connectivity index (χ1) is 12.5. The van der Waals surface area contributed by atoms with Gasteiger partial charge in [0.25, 0.3) is 0 Å². The van der Waals surface area contributed by atoms with Crippen LogP contribution in [-0.4, -0.2) is 29.9 Å². The second-order valence-electron chi connectivity index (χ2n) is 7.77. The van der Waals surface area contributed by atoms with Crippen LogP contribution in [0.4, 0.5) is 0 Å². The van der Waals surface area contributed by atoms with E-state index in [0.717, 1.165) is 32.1 Å². The number of unbranched alkanes of at least 4 members (excludes halogenated alkanes) is 15. The van der Waals surface area contributed by atoms with Crippen LogP contribution in [0.15, 0.2) is 0 Å². The zero-order valence-corrected chi connectivity index (χ0v) is 20.9. The van der Waals surface area contributed by atoms with Crippen molar-refractivity contribution in [3.8, 4) is 0 Å². The molecule has 0 radical (unpaired) electrons. The molecule has 1 atom stereocenters. The van der Waals surface area contributed by atoms with Gasteiger partial charge in [-0.25, -0.2) is 8.42 Å². The Balaban J connectivity index is 0. The molecule has 6 heteroatoms. The Kier molecular flexibility index (Phi) is 24.0. The summed E-state index contributed by atoms with van der Waals surface area (Å²) in [6.45, 7) is 2.04. The first-order valence-corrected chi connectivity index (χ1v) is 12.6. The second-order valence-corrected chi connectivity index (χ2v) is 9.29. The Morgan fingerprint density at radius 3 is 1.26 bits per heavy atom. The maximum atomic E-state index is 10.5. The molecule has 0 aromatic heterocycles. The summed E-state index contributed by atoms with van der Waals surface area (Å²) in [5.41, 5.74) is 0. The van der Waals surface area contributed by atoms with Crippen molar-refractivity contribution >= 4 is 10.1 Å². The van der Waals surface area contributed by atoms with Gasteiger partial charge in [0.05, 0.1) is 16.2 Å². The Labute approximate surface area is 191 Å². The molecule has 0 saturated heterocycles. The van der Waals surface area contributed by atoms with Crippen LogP contribution in [0, 0.1) is 0 Å². The standard InChI is InChI=1S/C21H44O4S.Na/c1-2-21(22)19-17-15-13-11-9-7-5-3-4-6-8-10-12-14-16-18-20-26(23,24)25;/h21-22H,2-20H2,1H3,(H,23,24,25);/q;+1/p-1. The van der Waals surface area contributed by atoms with Crippen molar-refractivity contribution in [1.82, 2.24) is 0 Å². The number of hydrogen-bond acceptors (Lipinski definition) is 4. The molecule has 0 amide bonds. The fourth-order valence-corrected chi connectivity index (χ4v) is 3.90. The monoisotopic (exact) mass is 414 g/mol. The molecule has 0 aliphatic rings. The van der Waals surface area contributed by atoms with Gasteiger partial charge in [-0.2, -0.15) is 0 Å². The molecule has 158 valence electrons. The van der Waals surface area contributed by atoms with Gasteiger partial charge in [-0.05, 0) is 19.3 Å². The van der Waals surface area contributed by atoms with Crippen molar-refractivity contribution in [2.75, 3.05) is 5.75 Å². The Morgan fingerprint density at radius 2 is 0.963 bits per heavy atom. The summed E-state index contributed by atoms with van der Waals surface area (Å²) in [6.07, 6.45) is 21.1. The molecule has 0 aromatic carbocycles. The summed E-state index contributed by atoms with van der Waals surface area (Å²) in [5.74, 6) is -0.199. The maximum Gasteiger partial charge on any atom is 1.00 e. The third-order valence-corrected chi connectivity index (χ3v) is 5.94. The van der Waals surface area contributed by atoms with Gasteiger partial charge in [-0.15, -0.1) is 0 Å². The smallest absolute Gasteiger partial charge is 0.748 e. The topological polar surface area (TPSA) is 77.4 Å². The zero-order chi connectivity index (χ0) is 19.5. The van der Waals surface area contributed by atoms with Crippen molar-refractivity contribution < 1.29 is 47.6 Å². The molecule has 0 fully saturated rings. The number of rotatable bonds is 20. The van der Waals surface area contributed by atoms with Gasteiger partial charge >= 0.3 is 29.6 Å². The summed E-state index contributed by atoms with van der Waals surface area (Å²) in [7, 11) is -4.01. The third kappa shape index (κ3) is 26.9. The molecule has 27 heavy (non-hydrogen) atoms. The van der Waals surface area contributed by atoms with Gasteiger partial charge in [0, 0.05) is 5.75 Å². The average molecular weight is 415 g/mol. The van der Waals surface area contributed by atoms with E-state index in [0.29, 0.717) is 6.42 Å². The molecule has 0 rings (SSSR count). The van der Waals surface area contributed by atoms with Crippen LogP contribution >= 0.6 is 0 Å². The van der Waals surface area contributed by atoms with Gasteiger partial charge < -0.3 is 9.66 Å². The minimum atomic E-state index is -4.01. The third-order valence-electron chi connectivity index (χ3n) is 5.15. The molecule has 0 aliphatic carbocycles. The van der Waals surface area contributed by atoms with Gasteiger partial charge in [-0.1, -0.05) is 103 Å². The summed E-state index contributed by atoms with van der Waals surface area (Å²) < 4.78 is 31.4. The van der Waals surface area contributed by atoms with Gasteiger partial charge in [-0.3, -0.25) is 0 Å². The SMILES string of the molecule is CCC(O)CCCCCCCCCCCCCCCCCCS(=O)(=O)[O-].[Na+]. The molecule has 0 spiro atoms. The first kappa shape index (κ1) is 30.1. The van der Waals surface area contributed by atoms with Crippen LogP contribution in [0.25, 0.3) is 0 Å². The molecule has 1 N–H and O–H groups in total. The number of aliphatic hydroxyl groups excluding tert-OH is 1. The van der Waals surface area contributed by atoms with Gasteiger partial charge in [0.2, 0.25) is 0 Å². The quantitative estimate of drug-likeness (QED) is 0.189.